The molecule has 1 aromatic rings. The highest BCUT2D eigenvalue weighted by atomic mass is 35.5. The van der Waals surface area contributed by atoms with Crippen LogP contribution in [0.2, 0.25) is 0 Å². The highest BCUT2D eigenvalue weighted by Gasteiger charge is 2.30. The minimum absolute atomic E-state index is 0. The van der Waals surface area contributed by atoms with Crippen LogP contribution in [0.5, 0.6) is 0 Å². The second-order valence-electron chi connectivity index (χ2n) is 5.67. The largest absolute Gasteiger partial charge is 0.337 e. The fourth-order valence-corrected chi connectivity index (χ4v) is 3.36. The highest BCUT2D eigenvalue weighted by Crippen LogP contribution is 2.26. The lowest BCUT2D eigenvalue weighted by molar-refractivity contribution is 0.0663. The van der Waals surface area contributed by atoms with Crippen LogP contribution in [0.3, 0.4) is 0 Å². The van der Waals surface area contributed by atoms with Gasteiger partial charge in [0.25, 0.3) is 5.91 Å². The molecule has 0 aliphatic carbocycles. The number of carbonyl (C=O) groups excluding carboxylic acids is 1. The molecule has 1 atom stereocenters. The van der Waals surface area contributed by atoms with Crippen molar-refractivity contribution in [2.24, 2.45) is 13.0 Å². The van der Waals surface area contributed by atoms with Crippen LogP contribution in [0, 0.1) is 5.92 Å². The maximum atomic E-state index is 12.4. The zero-order valence-electron chi connectivity index (χ0n) is 11.9. The predicted molar refractivity (Wildman–Crippen MR) is 80.1 cm³/mol. The minimum Gasteiger partial charge on any atom is -0.337 e. The van der Waals surface area contributed by atoms with Crippen molar-refractivity contribution in [1.82, 2.24) is 20.0 Å². The lowest BCUT2D eigenvalue weighted by Gasteiger charge is -2.34. The number of aromatic nitrogens is 2. The molecule has 0 aromatic carbocycles. The third-order valence-corrected chi connectivity index (χ3v) is 4.53. The average Bonchev–Trinajstić information content (AvgIpc) is 3.09. The molecule has 2 aliphatic rings. The van der Waals surface area contributed by atoms with Crippen molar-refractivity contribution in [1.29, 1.82) is 0 Å². The molecule has 20 heavy (non-hydrogen) atoms. The number of nitrogens with one attached hydrogen (secondary N) is 1. The van der Waals surface area contributed by atoms with Gasteiger partial charge < -0.3 is 10.2 Å². The molecule has 1 aromatic heterocycles. The molecule has 5 nitrogen and oxygen atoms in total. The quantitative estimate of drug-likeness (QED) is 0.899. The average molecular weight is 299 g/mol. The van der Waals surface area contributed by atoms with Crippen LogP contribution in [0.15, 0.2) is 12.3 Å². The number of hydrogen-bond acceptors (Lipinski definition) is 3. The van der Waals surface area contributed by atoms with Crippen LogP contribution in [0.4, 0.5) is 0 Å². The Kier molecular flexibility index (Phi) is 5.05. The number of rotatable bonds is 2. The van der Waals surface area contributed by atoms with Crippen LogP contribution < -0.4 is 5.32 Å². The number of aryl methyl sites for hydroxylation is 1. The monoisotopic (exact) mass is 298 g/mol. The van der Waals surface area contributed by atoms with Crippen LogP contribution in [0.25, 0.3) is 0 Å². The molecule has 1 amide bonds. The summed E-state index contributed by atoms with van der Waals surface area (Å²) in [5.41, 5.74) is 0.692. The van der Waals surface area contributed by atoms with E-state index in [1.807, 2.05) is 11.9 Å². The fourth-order valence-electron chi connectivity index (χ4n) is 3.36. The number of amides is 1. The van der Waals surface area contributed by atoms with Crippen molar-refractivity contribution in [3.63, 3.8) is 0 Å². The Morgan fingerprint density at radius 1 is 1.35 bits per heavy atom. The number of hydrogen-bond donors (Lipinski definition) is 1. The van der Waals surface area contributed by atoms with Crippen LogP contribution in [0.1, 0.15) is 36.2 Å². The molecular weight excluding hydrogens is 276 g/mol. The first-order chi connectivity index (χ1) is 9.25. The first-order valence-electron chi connectivity index (χ1n) is 7.26. The lowest BCUT2D eigenvalue weighted by atomic mass is 9.88. The van der Waals surface area contributed by atoms with Crippen molar-refractivity contribution in [2.45, 2.75) is 31.7 Å². The van der Waals surface area contributed by atoms with E-state index in [2.05, 4.69) is 10.4 Å². The van der Waals surface area contributed by atoms with E-state index in [1.165, 1.54) is 19.4 Å². The minimum atomic E-state index is 0. The Morgan fingerprint density at radius 3 is 2.65 bits per heavy atom. The summed E-state index contributed by atoms with van der Waals surface area (Å²) >= 11 is 0. The maximum Gasteiger partial charge on any atom is 0.272 e. The molecule has 0 radical (unpaired) electrons. The van der Waals surface area contributed by atoms with E-state index in [0.717, 1.165) is 31.8 Å². The summed E-state index contributed by atoms with van der Waals surface area (Å²) in [7, 11) is 1.82. The molecule has 1 N–H and O–H groups in total. The van der Waals surface area contributed by atoms with Gasteiger partial charge in [-0.25, -0.2) is 0 Å². The second-order valence-corrected chi connectivity index (χ2v) is 5.67. The van der Waals surface area contributed by atoms with Gasteiger partial charge in [0.1, 0.15) is 5.69 Å². The van der Waals surface area contributed by atoms with E-state index in [-0.39, 0.29) is 18.3 Å². The van der Waals surface area contributed by atoms with Gasteiger partial charge >= 0.3 is 0 Å². The molecule has 0 spiro atoms. The van der Waals surface area contributed by atoms with E-state index in [0.29, 0.717) is 11.7 Å². The third-order valence-electron chi connectivity index (χ3n) is 4.53. The van der Waals surface area contributed by atoms with E-state index >= 15 is 0 Å². The van der Waals surface area contributed by atoms with E-state index in [1.54, 1.807) is 16.9 Å². The van der Waals surface area contributed by atoms with Crippen LogP contribution >= 0.6 is 12.4 Å². The molecule has 3 heterocycles. The lowest BCUT2D eigenvalue weighted by Crippen LogP contribution is -2.43. The first-order valence-corrected chi connectivity index (χ1v) is 7.26. The van der Waals surface area contributed by atoms with Gasteiger partial charge in [0.15, 0.2) is 0 Å². The summed E-state index contributed by atoms with van der Waals surface area (Å²) < 4.78 is 1.66. The number of likely N-dealkylation sites (tertiary alicyclic amines) is 1. The van der Waals surface area contributed by atoms with Crippen molar-refractivity contribution in [3.8, 4) is 0 Å². The van der Waals surface area contributed by atoms with Crippen molar-refractivity contribution in [3.05, 3.63) is 18.0 Å². The molecule has 2 fully saturated rings. The van der Waals surface area contributed by atoms with Crippen LogP contribution in [-0.4, -0.2) is 46.3 Å². The third kappa shape index (κ3) is 2.99. The van der Waals surface area contributed by atoms with Crippen molar-refractivity contribution < 1.29 is 4.79 Å². The highest BCUT2D eigenvalue weighted by molar-refractivity contribution is 5.92. The predicted octanol–water partition coefficient (Wildman–Crippen LogP) is 1.45. The Bertz CT molecular complexity index is 448. The van der Waals surface area contributed by atoms with E-state index in [4.69, 9.17) is 0 Å². The standard InChI is InChI=1S/C14H22N4O.ClH/c1-17-13(4-8-16-17)14(19)18-9-5-11(6-10-18)12-3-2-7-15-12;/h4,8,11-12,15H,2-3,5-7,9-10H2,1H3;1H. The Labute approximate surface area is 126 Å². The smallest absolute Gasteiger partial charge is 0.272 e. The summed E-state index contributed by atoms with van der Waals surface area (Å²) in [5.74, 6) is 0.871. The Balaban J connectivity index is 0.00000147. The molecule has 112 valence electrons. The number of nitrogens with zero attached hydrogens (tertiary/aromatic N) is 3. The van der Waals surface area contributed by atoms with Gasteiger partial charge in [0.05, 0.1) is 0 Å². The van der Waals surface area contributed by atoms with Gasteiger partial charge in [-0.3, -0.25) is 9.48 Å². The van der Waals surface area contributed by atoms with Gasteiger partial charge in [-0.05, 0) is 44.2 Å². The van der Waals surface area contributed by atoms with Gasteiger partial charge in [0.2, 0.25) is 0 Å². The first kappa shape index (κ1) is 15.3. The summed E-state index contributed by atoms with van der Waals surface area (Å²) in [6.07, 6.45) is 6.55. The van der Waals surface area contributed by atoms with Crippen molar-refractivity contribution >= 4 is 18.3 Å². The topological polar surface area (TPSA) is 50.2 Å². The van der Waals surface area contributed by atoms with Crippen LogP contribution in [-0.2, 0) is 7.05 Å². The van der Waals surface area contributed by atoms with Gasteiger partial charge in [0, 0.05) is 32.4 Å². The fraction of sp³-hybridized carbons (Fsp3) is 0.714. The van der Waals surface area contributed by atoms with Crippen molar-refractivity contribution in [2.75, 3.05) is 19.6 Å². The van der Waals surface area contributed by atoms with E-state index < -0.39 is 0 Å². The molecule has 6 heteroatoms. The molecule has 3 rings (SSSR count). The summed E-state index contributed by atoms with van der Waals surface area (Å²) in [4.78, 5) is 14.3. The molecular formula is C14H23ClN4O. The zero-order valence-corrected chi connectivity index (χ0v) is 12.7. The van der Waals surface area contributed by atoms with Gasteiger partial charge in [-0.15, -0.1) is 12.4 Å². The number of piperidine rings is 1. The summed E-state index contributed by atoms with van der Waals surface area (Å²) in [6, 6.07) is 2.49. The summed E-state index contributed by atoms with van der Waals surface area (Å²) in [5, 5.41) is 7.66. The number of halogens is 1. The normalized spacial score (nSPS) is 23.6. The summed E-state index contributed by atoms with van der Waals surface area (Å²) in [6.45, 7) is 2.93. The van der Waals surface area contributed by atoms with E-state index in [9.17, 15) is 4.79 Å². The number of carbonyl (C=O) groups is 1. The second kappa shape index (κ2) is 6.59. The zero-order chi connectivity index (χ0) is 13.2. The molecule has 2 aliphatic heterocycles. The van der Waals surface area contributed by atoms with Gasteiger partial charge in [-0.1, -0.05) is 0 Å². The molecule has 0 bridgehead atoms. The maximum absolute atomic E-state index is 12.4. The Hall–Kier alpha value is -1.07. The molecule has 0 saturated carbocycles. The molecule has 1 unspecified atom stereocenters. The van der Waals surface area contributed by atoms with Gasteiger partial charge in [-0.2, -0.15) is 5.10 Å². The SMILES string of the molecule is Cl.Cn1nccc1C(=O)N1CCC(C2CCCN2)CC1. The molecule has 2 saturated heterocycles. The Morgan fingerprint density at radius 2 is 2.10 bits per heavy atom.